The third kappa shape index (κ3) is 5.89. The minimum atomic E-state index is 0.208. The molecule has 0 saturated heterocycles. The van der Waals surface area contributed by atoms with Gasteiger partial charge in [-0.1, -0.05) is 61.7 Å². The minimum Gasteiger partial charge on any atom is -0.491 e. The molecular formula is C23H30O2. The van der Waals surface area contributed by atoms with Crippen LogP contribution in [0.5, 0.6) is 5.75 Å². The van der Waals surface area contributed by atoms with E-state index in [0.717, 1.165) is 18.1 Å². The molecule has 134 valence electrons. The van der Waals surface area contributed by atoms with Crippen molar-refractivity contribution in [1.29, 1.82) is 0 Å². The number of benzene rings is 2. The Morgan fingerprint density at radius 3 is 2.32 bits per heavy atom. The molecule has 0 N–H and O–H groups in total. The molecule has 0 radical (unpaired) electrons. The fraction of sp³-hybridized carbons (Fsp3) is 0.478. The van der Waals surface area contributed by atoms with Crippen molar-refractivity contribution in [3.8, 4) is 5.75 Å². The summed E-state index contributed by atoms with van der Waals surface area (Å²) in [6.45, 7) is 3.34. The molecule has 1 unspecified atom stereocenters. The molecule has 2 nitrogen and oxygen atoms in total. The molecule has 2 aromatic rings. The number of ether oxygens (including phenoxy) is 2. The van der Waals surface area contributed by atoms with Gasteiger partial charge in [-0.25, -0.2) is 0 Å². The molecule has 3 rings (SSSR count). The highest BCUT2D eigenvalue weighted by Crippen LogP contribution is 2.33. The normalized spacial score (nSPS) is 16.5. The fourth-order valence-corrected chi connectivity index (χ4v) is 3.69. The van der Waals surface area contributed by atoms with Crippen LogP contribution in [0.4, 0.5) is 0 Å². The Morgan fingerprint density at radius 1 is 0.880 bits per heavy atom. The van der Waals surface area contributed by atoms with E-state index in [0.29, 0.717) is 13.2 Å². The molecule has 0 amide bonds. The van der Waals surface area contributed by atoms with E-state index in [9.17, 15) is 0 Å². The van der Waals surface area contributed by atoms with E-state index in [1.165, 1.54) is 43.2 Å². The third-order valence-corrected chi connectivity index (χ3v) is 5.08. The van der Waals surface area contributed by atoms with Gasteiger partial charge in [-0.15, -0.1) is 0 Å². The summed E-state index contributed by atoms with van der Waals surface area (Å²) < 4.78 is 11.7. The van der Waals surface area contributed by atoms with Gasteiger partial charge in [0.25, 0.3) is 0 Å². The summed E-state index contributed by atoms with van der Waals surface area (Å²) in [6.07, 6.45) is 7.99. The number of hydrogen-bond acceptors (Lipinski definition) is 2. The highest BCUT2D eigenvalue weighted by molar-refractivity contribution is 5.29. The summed E-state index contributed by atoms with van der Waals surface area (Å²) >= 11 is 0. The van der Waals surface area contributed by atoms with E-state index in [-0.39, 0.29) is 6.10 Å². The maximum atomic E-state index is 5.86. The third-order valence-electron chi connectivity index (χ3n) is 5.08. The number of hydrogen-bond donors (Lipinski definition) is 0. The lowest BCUT2D eigenvalue weighted by Gasteiger charge is -2.22. The lowest BCUT2D eigenvalue weighted by Crippen LogP contribution is -2.16. The standard InChI is InChI=1S/C23H30O2/c1-19(18-20-8-4-2-5-9-20)24-16-17-25-23-14-12-22(13-15-23)21-10-6-3-7-11-21/h2,4-5,8-9,12-15,19,21H,3,6-7,10-11,16-18H2,1H3. The Balaban J connectivity index is 1.36. The summed E-state index contributed by atoms with van der Waals surface area (Å²) in [5, 5.41) is 0. The second-order valence-electron chi connectivity index (χ2n) is 7.12. The maximum Gasteiger partial charge on any atom is 0.119 e. The SMILES string of the molecule is CC(Cc1ccccc1)OCCOc1ccc(C2CCCCC2)cc1. The van der Waals surface area contributed by atoms with Crippen LogP contribution >= 0.6 is 0 Å². The van der Waals surface area contributed by atoms with Crippen LogP contribution in [0.3, 0.4) is 0 Å². The lowest BCUT2D eigenvalue weighted by molar-refractivity contribution is 0.0449. The molecule has 1 atom stereocenters. The van der Waals surface area contributed by atoms with Crippen molar-refractivity contribution in [2.45, 2.75) is 57.5 Å². The predicted molar refractivity (Wildman–Crippen MR) is 103 cm³/mol. The molecule has 0 heterocycles. The molecule has 0 bridgehead atoms. The van der Waals surface area contributed by atoms with Gasteiger partial charge in [0.15, 0.2) is 0 Å². The minimum absolute atomic E-state index is 0.208. The molecule has 1 saturated carbocycles. The number of rotatable bonds is 8. The molecule has 1 aliphatic rings. The lowest BCUT2D eigenvalue weighted by atomic mass is 9.84. The second kappa shape index (κ2) is 9.62. The monoisotopic (exact) mass is 338 g/mol. The van der Waals surface area contributed by atoms with Crippen LogP contribution in [-0.2, 0) is 11.2 Å². The van der Waals surface area contributed by atoms with E-state index >= 15 is 0 Å². The van der Waals surface area contributed by atoms with Crippen LogP contribution in [0, 0.1) is 0 Å². The topological polar surface area (TPSA) is 18.5 Å². The van der Waals surface area contributed by atoms with Gasteiger partial charge >= 0.3 is 0 Å². The molecule has 25 heavy (non-hydrogen) atoms. The summed E-state index contributed by atoms with van der Waals surface area (Å²) in [4.78, 5) is 0. The highest BCUT2D eigenvalue weighted by Gasteiger charge is 2.15. The average Bonchev–Trinajstić information content (AvgIpc) is 2.67. The molecule has 1 aliphatic carbocycles. The van der Waals surface area contributed by atoms with Crippen molar-refractivity contribution in [1.82, 2.24) is 0 Å². The summed E-state index contributed by atoms with van der Waals surface area (Å²) in [5.74, 6) is 1.70. The second-order valence-corrected chi connectivity index (χ2v) is 7.12. The van der Waals surface area contributed by atoms with E-state index in [1.807, 2.05) is 6.07 Å². The molecule has 1 fully saturated rings. The average molecular weight is 338 g/mol. The van der Waals surface area contributed by atoms with Gasteiger partial charge < -0.3 is 9.47 Å². The van der Waals surface area contributed by atoms with Gasteiger partial charge in [-0.3, -0.25) is 0 Å². The fourth-order valence-electron chi connectivity index (χ4n) is 3.69. The van der Waals surface area contributed by atoms with Gasteiger partial charge in [0.05, 0.1) is 12.7 Å². The van der Waals surface area contributed by atoms with Crippen LogP contribution in [0.25, 0.3) is 0 Å². The van der Waals surface area contributed by atoms with E-state index in [4.69, 9.17) is 9.47 Å². The highest BCUT2D eigenvalue weighted by atomic mass is 16.5. The van der Waals surface area contributed by atoms with Gasteiger partial charge in [0.1, 0.15) is 12.4 Å². The Labute approximate surface area is 152 Å². The molecular weight excluding hydrogens is 308 g/mol. The van der Waals surface area contributed by atoms with Crippen molar-refractivity contribution in [2.24, 2.45) is 0 Å². The van der Waals surface area contributed by atoms with Gasteiger partial charge in [-0.05, 0) is 55.4 Å². The van der Waals surface area contributed by atoms with Crippen LogP contribution in [0.15, 0.2) is 54.6 Å². The Kier molecular flexibility index (Phi) is 6.93. The van der Waals surface area contributed by atoms with E-state index in [2.05, 4.69) is 55.5 Å². The van der Waals surface area contributed by atoms with Crippen molar-refractivity contribution in [2.75, 3.05) is 13.2 Å². The maximum absolute atomic E-state index is 5.86. The van der Waals surface area contributed by atoms with E-state index in [1.54, 1.807) is 0 Å². The van der Waals surface area contributed by atoms with Crippen LogP contribution in [0.1, 0.15) is 56.1 Å². The summed E-state index contributed by atoms with van der Waals surface area (Å²) in [5.41, 5.74) is 2.79. The zero-order valence-corrected chi connectivity index (χ0v) is 15.3. The van der Waals surface area contributed by atoms with Crippen molar-refractivity contribution in [3.63, 3.8) is 0 Å². The van der Waals surface area contributed by atoms with Crippen molar-refractivity contribution < 1.29 is 9.47 Å². The first-order chi connectivity index (χ1) is 12.3. The molecule has 2 heteroatoms. The predicted octanol–water partition coefficient (Wildman–Crippen LogP) is 5.76. The quantitative estimate of drug-likeness (QED) is 0.570. The first kappa shape index (κ1) is 18.0. The summed E-state index contributed by atoms with van der Waals surface area (Å²) in [6, 6.07) is 19.2. The first-order valence-corrected chi connectivity index (χ1v) is 9.69. The van der Waals surface area contributed by atoms with E-state index < -0.39 is 0 Å². The molecule has 0 aliphatic heterocycles. The van der Waals surface area contributed by atoms with Crippen LogP contribution < -0.4 is 4.74 Å². The van der Waals surface area contributed by atoms with Gasteiger partial charge in [-0.2, -0.15) is 0 Å². The Bertz CT molecular complexity index is 600. The zero-order chi connectivity index (χ0) is 17.3. The smallest absolute Gasteiger partial charge is 0.119 e. The Hall–Kier alpha value is -1.80. The summed E-state index contributed by atoms with van der Waals surface area (Å²) in [7, 11) is 0. The molecule has 2 aromatic carbocycles. The zero-order valence-electron chi connectivity index (χ0n) is 15.3. The Morgan fingerprint density at radius 2 is 1.60 bits per heavy atom. The van der Waals surface area contributed by atoms with Gasteiger partial charge in [0, 0.05) is 0 Å². The van der Waals surface area contributed by atoms with Gasteiger partial charge in [0.2, 0.25) is 0 Å². The van der Waals surface area contributed by atoms with Crippen molar-refractivity contribution >= 4 is 0 Å². The molecule has 0 spiro atoms. The first-order valence-electron chi connectivity index (χ1n) is 9.69. The molecule has 0 aromatic heterocycles. The van der Waals surface area contributed by atoms with Crippen LogP contribution in [0.2, 0.25) is 0 Å². The largest absolute Gasteiger partial charge is 0.491 e. The van der Waals surface area contributed by atoms with Crippen LogP contribution in [-0.4, -0.2) is 19.3 Å². The van der Waals surface area contributed by atoms with Crippen molar-refractivity contribution in [3.05, 3.63) is 65.7 Å².